The predicted molar refractivity (Wildman–Crippen MR) is 83.7 cm³/mol. The summed E-state index contributed by atoms with van der Waals surface area (Å²) in [5, 5.41) is 5.20. The maximum atomic E-state index is 5.99. The highest BCUT2D eigenvalue weighted by molar-refractivity contribution is 7.10. The number of hydrogen-bond acceptors (Lipinski definition) is 2. The van der Waals surface area contributed by atoms with Crippen LogP contribution in [-0.4, -0.2) is 5.96 Å². The molecule has 19 heavy (non-hydrogen) atoms. The van der Waals surface area contributed by atoms with Gasteiger partial charge >= 0.3 is 0 Å². The predicted octanol–water partition coefficient (Wildman–Crippen LogP) is 4.02. The zero-order chi connectivity index (χ0) is 13.5. The van der Waals surface area contributed by atoms with Crippen LogP contribution in [0.4, 0.5) is 5.69 Å². The lowest BCUT2D eigenvalue weighted by Gasteiger charge is -2.12. The molecular weight excluding hydrogens is 254 g/mol. The van der Waals surface area contributed by atoms with Crippen LogP contribution in [0.5, 0.6) is 0 Å². The van der Waals surface area contributed by atoms with Crippen molar-refractivity contribution >= 4 is 23.0 Å². The first kappa shape index (κ1) is 13.6. The highest BCUT2D eigenvalue weighted by atomic mass is 32.1. The van der Waals surface area contributed by atoms with E-state index in [1.807, 2.05) is 30.3 Å². The molecule has 1 unspecified atom stereocenters. The summed E-state index contributed by atoms with van der Waals surface area (Å²) in [7, 11) is 0. The number of rotatable bonds is 5. The molecule has 0 aliphatic heterocycles. The lowest BCUT2D eigenvalue weighted by Crippen LogP contribution is -2.23. The average Bonchev–Trinajstić information content (AvgIpc) is 2.93. The second kappa shape index (κ2) is 6.95. The number of guanidine groups is 1. The number of para-hydroxylation sites is 1. The summed E-state index contributed by atoms with van der Waals surface area (Å²) in [5.74, 6) is 0.470. The van der Waals surface area contributed by atoms with Gasteiger partial charge in [-0.3, -0.25) is 0 Å². The molecular formula is C15H19N3S. The van der Waals surface area contributed by atoms with E-state index in [-0.39, 0.29) is 6.04 Å². The van der Waals surface area contributed by atoms with Crippen LogP contribution in [0.15, 0.2) is 52.8 Å². The molecule has 0 aliphatic rings. The first-order chi connectivity index (χ1) is 9.29. The highest BCUT2D eigenvalue weighted by Gasteiger charge is 2.10. The van der Waals surface area contributed by atoms with Gasteiger partial charge in [-0.15, -0.1) is 11.3 Å². The van der Waals surface area contributed by atoms with Gasteiger partial charge in [0, 0.05) is 10.6 Å². The summed E-state index contributed by atoms with van der Waals surface area (Å²) in [6, 6.07) is 14.2. The molecule has 1 aromatic carbocycles. The van der Waals surface area contributed by atoms with Gasteiger partial charge in [-0.05, 0) is 30.0 Å². The Morgan fingerprint density at radius 2 is 2.05 bits per heavy atom. The standard InChI is InChI=1S/C15H19N3S/c1-2-7-13(14-10-6-11-19-14)18-15(16)17-12-8-4-3-5-9-12/h3-6,8-11,13H,2,7H2,1H3,(H3,16,17,18). The number of nitrogens with one attached hydrogen (secondary N) is 1. The van der Waals surface area contributed by atoms with E-state index in [0.29, 0.717) is 5.96 Å². The fourth-order valence-corrected chi connectivity index (χ4v) is 2.69. The summed E-state index contributed by atoms with van der Waals surface area (Å²) < 4.78 is 0. The fraction of sp³-hybridized carbons (Fsp3) is 0.267. The van der Waals surface area contributed by atoms with Gasteiger partial charge < -0.3 is 11.1 Å². The summed E-state index contributed by atoms with van der Waals surface area (Å²) in [6.07, 6.45) is 2.10. The van der Waals surface area contributed by atoms with Gasteiger partial charge in [-0.25, -0.2) is 4.99 Å². The van der Waals surface area contributed by atoms with Crippen molar-refractivity contribution < 1.29 is 0 Å². The van der Waals surface area contributed by atoms with Gasteiger partial charge in [0.05, 0.1) is 6.04 Å². The molecule has 3 N–H and O–H groups in total. The Bertz CT molecular complexity index is 505. The molecule has 3 nitrogen and oxygen atoms in total. The van der Waals surface area contributed by atoms with E-state index in [1.165, 1.54) is 4.88 Å². The average molecular weight is 273 g/mol. The molecule has 0 saturated heterocycles. The van der Waals surface area contributed by atoms with E-state index in [9.17, 15) is 0 Å². The molecule has 0 fully saturated rings. The SMILES string of the molecule is CCCC(N=C(N)Nc1ccccc1)c1cccs1. The van der Waals surface area contributed by atoms with Crippen LogP contribution in [-0.2, 0) is 0 Å². The van der Waals surface area contributed by atoms with Crippen molar-refractivity contribution in [2.75, 3.05) is 5.32 Å². The number of benzene rings is 1. The van der Waals surface area contributed by atoms with Crippen LogP contribution >= 0.6 is 11.3 Å². The van der Waals surface area contributed by atoms with Crippen molar-refractivity contribution in [3.63, 3.8) is 0 Å². The topological polar surface area (TPSA) is 50.4 Å². The number of nitrogens with two attached hydrogens (primary N) is 1. The Labute approximate surface area is 118 Å². The minimum atomic E-state index is 0.154. The number of aliphatic imine (C=N–C) groups is 1. The second-order valence-corrected chi connectivity index (χ2v) is 5.30. The first-order valence-electron chi connectivity index (χ1n) is 6.48. The lowest BCUT2D eigenvalue weighted by molar-refractivity contribution is 0.650. The molecule has 100 valence electrons. The van der Waals surface area contributed by atoms with E-state index in [2.05, 4.69) is 34.7 Å². The van der Waals surface area contributed by atoms with E-state index in [0.717, 1.165) is 18.5 Å². The van der Waals surface area contributed by atoms with E-state index < -0.39 is 0 Å². The van der Waals surface area contributed by atoms with Gasteiger partial charge in [-0.2, -0.15) is 0 Å². The van der Waals surface area contributed by atoms with E-state index in [1.54, 1.807) is 11.3 Å². The molecule has 0 bridgehead atoms. The molecule has 0 aliphatic carbocycles. The van der Waals surface area contributed by atoms with Crippen LogP contribution in [0.1, 0.15) is 30.7 Å². The summed E-state index contributed by atoms with van der Waals surface area (Å²) in [4.78, 5) is 5.86. The second-order valence-electron chi connectivity index (χ2n) is 4.33. The zero-order valence-corrected chi connectivity index (χ0v) is 11.9. The Kier molecular flexibility index (Phi) is 4.98. The molecule has 0 saturated carbocycles. The molecule has 1 heterocycles. The van der Waals surface area contributed by atoms with E-state index >= 15 is 0 Å². The lowest BCUT2D eigenvalue weighted by atomic mass is 10.1. The molecule has 0 radical (unpaired) electrons. The largest absolute Gasteiger partial charge is 0.370 e. The van der Waals surface area contributed by atoms with E-state index in [4.69, 9.17) is 5.73 Å². The van der Waals surface area contributed by atoms with Crippen molar-refractivity contribution in [3.8, 4) is 0 Å². The van der Waals surface area contributed by atoms with Crippen LogP contribution in [0.25, 0.3) is 0 Å². The van der Waals surface area contributed by atoms with Crippen LogP contribution in [0, 0.1) is 0 Å². The summed E-state index contributed by atoms with van der Waals surface area (Å²) in [5.41, 5.74) is 6.95. The minimum absolute atomic E-state index is 0.154. The summed E-state index contributed by atoms with van der Waals surface area (Å²) >= 11 is 1.73. The first-order valence-corrected chi connectivity index (χ1v) is 7.36. The number of hydrogen-bond donors (Lipinski definition) is 2. The summed E-state index contributed by atoms with van der Waals surface area (Å²) in [6.45, 7) is 2.16. The molecule has 2 rings (SSSR count). The Hall–Kier alpha value is -1.81. The Morgan fingerprint density at radius 1 is 1.26 bits per heavy atom. The third-order valence-electron chi connectivity index (χ3n) is 2.77. The highest BCUT2D eigenvalue weighted by Crippen LogP contribution is 2.26. The number of anilines is 1. The minimum Gasteiger partial charge on any atom is -0.370 e. The molecule has 1 atom stereocenters. The zero-order valence-electron chi connectivity index (χ0n) is 11.0. The van der Waals surface area contributed by atoms with Crippen LogP contribution < -0.4 is 11.1 Å². The molecule has 4 heteroatoms. The number of thiophene rings is 1. The normalized spacial score (nSPS) is 13.2. The monoisotopic (exact) mass is 273 g/mol. The maximum Gasteiger partial charge on any atom is 0.193 e. The van der Waals surface area contributed by atoms with Crippen molar-refractivity contribution in [1.29, 1.82) is 0 Å². The van der Waals surface area contributed by atoms with Crippen LogP contribution in [0.3, 0.4) is 0 Å². The van der Waals surface area contributed by atoms with Crippen molar-refractivity contribution in [2.45, 2.75) is 25.8 Å². The maximum absolute atomic E-state index is 5.99. The van der Waals surface area contributed by atoms with Gasteiger partial charge in [0.1, 0.15) is 0 Å². The Balaban J connectivity index is 2.08. The quantitative estimate of drug-likeness (QED) is 0.638. The van der Waals surface area contributed by atoms with Gasteiger partial charge in [0.25, 0.3) is 0 Å². The third-order valence-corrected chi connectivity index (χ3v) is 3.75. The molecule has 0 amide bonds. The smallest absolute Gasteiger partial charge is 0.193 e. The van der Waals surface area contributed by atoms with Crippen molar-refractivity contribution in [1.82, 2.24) is 0 Å². The molecule has 1 aromatic heterocycles. The molecule has 0 spiro atoms. The van der Waals surface area contributed by atoms with Gasteiger partial charge in [0.15, 0.2) is 5.96 Å². The van der Waals surface area contributed by atoms with Gasteiger partial charge in [-0.1, -0.05) is 37.6 Å². The Morgan fingerprint density at radius 3 is 2.68 bits per heavy atom. The van der Waals surface area contributed by atoms with Crippen LogP contribution in [0.2, 0.25) is 0 Å². The van der Waals surface area contributed by atoms with Gasteiger partial charge in [0.2, 0.25) is 0 Å². The number of nitrogens with zero attached hydrogens (tertiary/aromatic N) is 1. The van der Waals surface area contributed by atoms with Crippen molar-refractivity contribution in [2.24, 2.45) is 10.7 Å². The van der Waals surface area contributed by atoms with Crippen molar-refractivity contribution in [3.05, 3.63) is 52.7 Å². The molecule has 2 aromatic rings. The third kappa shape index (κ3) is 4.10. The fourth-order valence-electron chi connectivity index (χ4n) is 1.89.